The molecule has 0 atom stereocenters. The average molecular weight is 833 g/mol. The fourth-order valence-electron chi connectivity index (χ4n) is 9.00. The number of nitrogens with zero attached hydrogens (tertiary/aromatic N) is 2. The van der Waals surface area contributed by atoms with Crippen LogP contribution in [0.3, 0.4) is 0 Å². The van der Waals surface area contributed by atoms with E-state index in [9.17, 15) is 25.0 Å². The molecule has 2 aliphatic carbocycles. The summed E-state index contributed by atoms with van der Waals surface area (Å²) in [7, 11) is 0. The Kier molecular flexibility index (Phi) is 12.8. The quantitative estimate of drug-likeness (QED) is 0.122. The number of benzene rings is 7. The zero-order chi connectivity index (χ0) is 43.9. The monoisotopic (exact) mass is 832 g/mol. The molecule has 0 aliphatic heterocycles. The summed E-state index contributed by atoms with van der Waals surface area (Å²) in [5.74, 6) is 0.541. The molecule has 0 fully saturated rings. The van der Waals surface area contributed by atoms with E-state index in [1.54, 1.807) is 24.3 Å². The first-order valence-corrected chi connectivity index (χ1v) is 21.6. The van der Waals surface area contributed by atoms with Gasteiger partial charge in [-0.1, -0.05) is 109 Å². The SMILES string of the molecule is Cc1ccccc1C.O=[N+]([O-])c1ccc(-c2c3c(c(-c4ccccc4)c4ccccc24)CCCC3)cc1.O=c1oc(-c2ccc([N+](=O)[O-])cc2)c2c(c1-c1ccccc1)CCCC2. The molecule has 8 aromatic rings. The number of non-ortho nitro benzene ring substituents is 2. The smallest absolute Gasteiger partial charge is 0.344 e. The lowest BCUT2D eigenvalue weighted by atomic mass is 9.78. The van der Waals surface area contributed by atoms with Gasteiger partial charge in [0.1, 0.15) is 5.76 Å². The molecule has 0 spiro atoms. The Labute approximate surface area is 366 Å². The van der Waals surface area contributed by atoms with E-state index in [-0.39, 0.29) is 21.9 Å². The van der Waals surface area contributed by atoms with E-state index in [2.05, 4.69) is 92.7 Å². The minimum atomic E-state index is -0.437. The predicted molar refractivity (Wildman–Crippen MR) is 253 cm³/mol. The van der Waals surface area contributed by atoms with E-state index in [1.165, 1.54) is 74.7 Å². The topological polar surface area (TPSA) is 116 Å². The molecule has 10 rings (SSSR count). The van der Waals surface area contributed by atoms with Crippen molar-refractivity contribution in [3.05, 3.63) is 222 Å². The minimum absolute atomic E-state index is 0.0193. The second kappa shape index (κ2) is 19.1. The summed E-state index contributed by atoms with van der Waals surface area (Å²) in [6, 6.07) is 50.4. The summed E-state index contributed by atoms with van der Waals surface area (Å²) in [5, 5.41) is 24.5. The second-order valence-corrected chi connectivity index (χ2v) is 16.1. The van der Waals surface area contributed by atoms with Gasteiger partial charge in [0.15, 0.2) is 0 Å². The Morgan fingerprint density at radius 1 is 0.413 bits per heavy atom. The maximum absolute atomic E-state index is 12.8. The standard InChI is InChI=1S/C26H21NO2.C21H17NO4.C8H10/c28-27(29)20-16-14-19(15-17-20)26-23-12-6-4-10-21(23)25(18-8-2-1-3-9-18)22-11-5-7-13-24(22)26;23-21-19(14-6-2-1-3-7-14)17-8-4-5-9-18(17)20(26-21)15-10-12-16(13-11-15)22(24)25;1-7-5-3-4-6-8(7)2/h1-4,6,8-10,12,14-17H,5,7,11,13H2;1-3,6-7,10-13H,4-5,8-9H2;3-6H,1-2H3. The van der Waals surface area contributed by atoms with Crippen molar-refractivity contribution < 1.29 is 14.3 Å². The van der Waals surface area contributed by atoms with Crippen LogP contribution in [0.2, 0.25) is 0 Å². The predicted octanol–water partition coefficient (Wildman–Crippen LogP) is 14.0. The lowest BCUT2D eigenvalue weighted by Gasteiger charge is -2.26. The van der Waals surface area contributed by atoms with Crippen molar-refractivity contribution in [3.8, 4) is 44.7 Å². The first-order chi connectivity index (χ1) is 30.7. The maximum Gasteiger partial charge on any atom is 0.344 e. The molecule has 1 heterocycles. The molecule has 0 unspecified atom stereocenters. The van der Waals surface area contributed by atoms with Gasteiger partial charge in [0.05, 0.1) is 15.4 Å². The number of nitro groups is 2. The van der Waals surface area contributed by atoms with Crippen LogP contribution in [0, 0.1) is 34.1 Å². The molecular formula is C55H48N2O6. The summed E-state index contributed by atoms with van der Waals surface area (Å²) in [6.45, 7) is 4.24. The van der Waals surface area contributed by atoms with Crippen LogP contribution in [-0.2, 0) is 25.7 Å². The van der Waals surface area contributed by atoms with E-state index in [0.29, 0.717) is 16.9 Å². The van der Waals surface area contributed by atoms with Gasteiger partial charge in [0, 0.05) is 29.8 Å². The third-order valence-corrected chi connectivity index (χ3v) is 12.2. The molecule has 0 saturated heterocycles. The van der Waals surface area contributed by atoms with Gasteiger partial charge in [-0.15, -0.1) is 0 Å². The summed E-state index contributed by atoms with van der Waals surface area (Å²) in [4.78, 5) is 34.0. The lowest BCUT2D eigenvalue weighted by Crippen LogP contribution is -2.15. The molecule has 0 bridgehead atoms. The highest BCUT2D eigenvalue weighted by Crippen LogP contribution is 2.45. The van der Waals surface area contributed by atoms with Gasteiger partial charge in [-0.2, -0.15) is 0 Å². The summed E-state index contributed by atoms with van der Waals surface area (Å²) in [6.07, 6.45) is 8.25. The molecule has 0 saturated carbocycles. The van der Waals surface area contributed by atoms with Gasteiger partial charge in [0.2, 0.25) is 0 Å². The molecular weight excluding hydrogens is 785 g/mol. The summed E-state index contributed by atoms with van der Waals surface area (Å²) in [5.41, 5.74) is 14.6. The fraction of sp³-hybridized carbons (Fsp3) is 0.182. The van der Waals surface area contributed by atoms with Crippen LogP contribution in [0.15, 0.2) is 167 Å². The van der Waals surface area contributed by atoms with Gasteiger partial charge in [-0.3, -0.25) is 20.2 Å². The van der Waals surface area contributed by atoms with Gasteiger partial charge in [0.25, 0.3) is 11.4 Å². The minimum Gasteiger partial charge on any atom is -0.422 e. The van der Waals surface area contributed by atoms with Crippen LogP contribution in [-0.4, -0.2) is 9.85 Å². The first-order valence-electron chi connectivity index (χ1n) is 21.6. The van der Waals surface area contributed by atoms with Gasteiger partial charge < -0.3 is 4.42 Å². The summed E-state index contributed by atoms with van der Waals surface area (Å²) < 4.78 is 5.72. The Balaban J connectivity index is 0.000000148. The normalized spacial score (nSPS) is 12.7. The number of aryl methyl sites for hydroxylation is 2. The number of hydrogen-bond acceptors (Lipinski definition) is 6. The van der Waals surface area contributed by atoms with Gasteiger partial charge in [-0.25, -0.2) is 4.79 Å². The van der Waals surface area contributed by atoms with Crippen molar-refractivity contribution in [2.24, 2.45) is 0 Å². The zero-order valence-electron chi connectivity index (χ0n) is 35.5. The van der Waals surface area contributed by atoms with Crippen molar-refractivity contribution in [1.82, 2.24) is 0 Å². The molecule has 7 aromatic carbocycles. The van der Waals surface area contributed by atoms with E-state index in [1.807, 2.05) is 42.5 Å². The molecule has 0 radical (unpaired) electrons. The zero-order valence-corrected chi connectivity index (χ0v) is 35.5. The van der Waals surface area contributed by atoms with Crippen molar-refractivity contribution in [1.29, 1.82) is 0 Å². The first kappa shape index (κ1) is 42.2. The average Bonchev–Trinajstić information content (AvgIpc) is 3.32. The van der Waals surface area contributed by atoms with Gasteiger partial charge >= 0.3 is 5.63 Å². The van der Waals surface area contributed by atoms with Crippen LogP contribution in [0.25, 0.3) is 55.5 Å². The van der Waals surface area contributed by atoms with E-state index >= 15 is 0 Å². The Hall–Kier alpha value is -7.45. The number of rotatable bonds is 6. The van der Waals surface area contributed by atoms with E-state index in [0.717, 1.165) is 60.8 Å². The van der Waals surface area contributed by atoms with Crippen LogP contribution in [0.4, 0.5) is 11.4 Å². The molecule has 63 heavy (non-hydrogen) atoms. The highest BCUT2D eigenvalue weighted by molar-refractivity contribution is 6.08. The van der Waals surface area contributed by atoms with Crippen molar-refractivity contribution in [2.45, 2.75) is 65.2 Å². The largest absolute Gasteiger partial charge is 0.422 e. The van der Waals surface area contributed by atoms with Gasteiger partial charge in [-0.05, 0) is 161 Å². The van der Waals surface area contributed by atoms with Crippen LogP contribution in [0.5, 0.6) is 0 Å². The molecule has 0 N–H and O–H groups in total. The van der Waals surface area contributed by atoms with Crippen molar-refractivity contribution in [2.75, 3.05) is 0 Å². The number of hydrogen-bond donors (Lipinski definition) is 0. The molecule has 2 aliphatic rings. The van der Waals surface area contributed by atoms with Crippen molar-refractivity contribution >= 4 is 22.1 Å². The van der Waals surface area contributed by atoms with E-state index < -0.39 is 4.92 Å². The molecule has 0 amide bonds. The Bertz CT molecular complexity index is 2960. The Morgan fingerprint density at radius 3 is 1.19 bits per heavy atom. The Morgan fingerprint density at radius 2 is 0.762 bits per heavy atom. The van der Waals surface area contributed by atoms with Crippen LogP contribution < -0.4 is 5.63 Å². The molecule has 314 valence electrons. The maximum atomic E-state index is 12.8. The fourth-order valence-corrected chi connectivity index (χ4v) is 9.00. The van der Waals surface area contributed by atoms with E-state index in [4.69, 9.17) is 4.42 Å². The second-order valence-electron chi connectivity index (χ2n) is 16.1. The third-order valence-electron chi connectivity index (χ3n) is 12.2. The number of fused-ring (bicyclic) bond motifs is 3. The molecule has 8 nitrogen and oxygen atoms in total. The molecule has 1 aromatic heterocycles. The van der Waals surface area contributed by atoms with Crippen LogP contribution in [0.1, 0.15) is 59.1 Å². The van der Waals surface area contributed by atoms with Crippen molar-refractivity contribution in [3.63, 3.8) is 0 Å². The lowest BCUT2D eigenvalue weighted by molar-refractivity contribution is -0.385. The highest BCUT2D eigenvalue weighted by atomic mass is 16.6. The number of nitro benzene ring substituents is 2. The van der Waals surface area contributed by atoms with Crippen LogP contribution >= 0.6 is 0 Å². The highest BCUT2D eigenvalue weighted by Gasteiger charge is 2.25. The third kappa shape index (κ3) is 9.12. The summed E-state index contributed by atoms with van der Waals surface area (Å²) >= 11 is 0. The molecule has 8 heteroatoms.